The Bertz CT molecular complexity index is 411. The van der Waals surface area contributed by atoms with Crippen LogP contribution in [0.4, 0.5) is 0 Å². The monoisotopic (exact) mass is 288 g/mol. The highest BCUT2D eigenvalue weighted by atomic mass is 15.1. The van der Waals surface area contributed by atoms with Gasteiger partial charge in [-0.25, -0.2) is 0 Å². The standard InChI is InChI=1S/C19H32N2/c1-16(2)20-14-19(3,18-11-6-5-7-12-18)15-21(4)13-17-9-8-10-17/h5-7,11-12,16-17,20H,8-10,13-15H2,1-4H3. The van der Waals surface area contributed by atoms with E-state index >= 15 is 0 Å². The van der Waals surface area contributed by atoms with Gasteiger partial charge < -0.3 is 10.2 Å². The fourth-order valence-electron chi connectivity index (χ4n) is 3.30. The molecule has 0 radical (unpaired) electrons. The van der Waals surface area contributed by atoms with Crippen LogP contribution in [0.2, 0.25) is 0 Å². The number of hydrogen-bond acceptors (Lipinski definition) is 2. The largest absolute Gasteiger partial charge is 0.314 e. The van der Waals surface area contributed by atoms with Crippen LogP contribution in [0.25, 0.3) is 0 Å². The molecule has 1 unspecified atom stereocenters. The normalized spacial score (nSPS) is 18.8. The van der Waals surface area contributed by atoms with Gasteiger partial charge in [-0.2, -0.15) is 0 Å². The molecule has 1 N–H and O–H groups in total. The molecular formula is C19H32N2. The highest BCUT2D eigenvalue weighted by Crippen LogP contribution is 2.29. The molecule has 0 amide bonds. The maximum atomic E-state index is 3.64. The maximum Gasteiger partial charge on any atom is 0.0177 e. The summed E-state index contributed by atoms with van der Waals surface area (Å²) < 4.78 is 0. The van der Waals surface area contributed by atoms with Gasteiger partial charge in [0.25, 0.3) is 0 Å². The van der Waals surface area contributed by atoms with E-state index in [1.54, 1.807) is 0 Å². The van der Waals surface area contributed by atoms with Crippen LogP contribution >= 0.6 is 0 Å². The van der Waals surface area contributed by atoms with Crippen LogP contribution in [0, 0.1) is 5.92 Å². The summed E-state index contributed by atoms with van der Waals surface area (Å²) in [7, 11) is 2.29. The molecular weight excluding hydrogens is 256 g/mol. The highest BCUT2D eigenvalue weighted by Gasteiger charge is 2.29. The Labute approximate surface area is 130 Å². The third-order valence-corrected chi connectivity index (χ3v) is 4.78. The molecule has 0 spiro atoms. The SMILES string of the molecule is CC(C)NCC(C)(CN(C)CC1CCC1)c1ccccc1. The van der Waals surface area contributed by atoms with Crippen LogP contribution in [0.5, 0.6) is 0 Å². The second-order valence-electron chi connectivity index (χ2n) is 7.46. The van der Waals surface area contributed by atoms with Crippen molar-refractivity contribution >= 4 is 0 Å². The lowest BCUT2D eigenvalue weighted by atomic mass is 9.80. The zero-order chi connectivity index (χ0) is 15.3. The van der Waals surface area contributed by atoms with Gasteiger partial charge in [-0.1, -0.05) is 57.5 Å². The van der Waals surface area contributed by atoms with Gasteiger partial charge in [-0.05, 0) is 31.4 Å². The van der Waals surface area contributed by atoms with Crippen LogP contribution in [-0.2, 0) is 5.41 Å². The van der Waals surface area contributed by atoms with Crippen molar-refractivity contribution in [2.75, 3.05) is 26.7 Å². The molecule has 1 aromatic rings. The van der Waals surface area contributed by atoms with Crippen molar-refractivity contribution in [3.05, 3.63) is 35.9 Å². The Balaban J connectivity index is 2.03. The van der Waals surface area contributed by atoms with Crippen molar-refractivity contribution in [2.24, 2.45) is 5.92 Å². The molecule has 2 heteroatoms. The molecule has 2 rings (SSSR count). The van der Waals surface area contributed by atoms with E-state index in [2.05, 4.69) is 68.4 Å². The van der Waals surface area contributed by atoms with Gasteiger partial charge in [-0.3, -0.25) is 0 Å². The van der Waals surface area contributed by atoms with E-state index in [4.69, 9.17) is 0 Å². The fraction of sp³-hybridized carbons (Fsp3) is 0.684. The minimum absolute atomic E-state index is 0.171. The molecule has 118 valence electrons. The van der Waals surface area contributed by atoms with Crippen LogP contribution in [0.3, 0.4) is 0 Å². The lowest BCUT2D eigenvalue weighted by molar-refractivity contribution is 0.174. The first-order valence-corrected chi connectivity index (χ1v) is 8.47. The molecule has 0 aromatic heterocycles. The lowest BCUT2D eigenvalue weighted by Gasteiger charge is -2.38. The van der Waals surface area contributed by atoms with Crippen molar-refractivity contribution in [1.29, 1.82) is 0 Å². The predicted octanol–water partition coefficient (Wildman–Crippen LogP) is 3.67. The van der Waals surface area contributed by atoms with Gasteiger partial charge in [0, 0.05) is 31.1 Å². The number of nitrogens with one attached hydrogen (secondary N) is 1. The summed E-state index contributed by atoms with van der Waals surface area (Å²) in [5.74, 6) is 0.938. The Hall–Kier alpha value is -0.860. The van der Waals surface area contributed by atoms with E-state index in [0.29, 0.717) is 6.04 Å². The first kappa shape index (κ1) is 16.5. The zero-order valence-electron chi connectivity index (χ0n) is 14.2. The topological polar surface area (TPSA) is 15.3 Å². The molecule has 1 aliphatic rings. The van der Waals surface area contributed by atoms with Gasteiger partial charge in [0.05, 0.1) is 0 Å². The fourth-order valence-corrected chi connectivity index (χ4v) is 3.30. The zero-order valence-corrected chi connectivity index (χ0v) is 14.2. The number of rotatable bonds is 8. The Kier molecular flexibility index (Phi) is 5.83. The van der Waals surface area contributed by atoms with Gasteiger partial charge in [-0.15, -0.1) is 0 Å². The summed E-state index contributed by atoms with van der Waals surface area (Å²) in [4.78, 5) is 2.54. The third kappa shape index (κ3) is 4.82. The first-order chi connectivity index (χ1) is 9.99. The second kappa shape index (κ2) is 7.42. The average Bonchev–Trinajstić information content (AvgIpc) is 2.42. The van der Waals surface area contributed by atoms with Crippen molar-refractivity contribution in [2.45, 2.75) is 51.5 Å². The van der Waals surface area contributed by atoms with E-state index in [1.807, 2.05) is 0 Å². The number of benzene rings is 1. The molecule has 0 aliphatic heterocycles. The minimum atomic E-state index is 0.171. The summed E-state index contributed by atoms with van der Waals surface area (Å²) in [6.07, 6.45) is 4.29. The van der Waals surface area contributed by atoms with Crippen LogP contribution in [0.15, 0.2) is 30.3 Å². The summed E-state index contributed by atoms with van der Waals surface area (Å²) >= 11 is 0. The molecule has 1 aliphatic carbocycles. The Morgan fingerprint density at radius 2 is 1.90 bits per heavy atom. The molecule has 2 nitrogen and oxygen atoms in total. The Morgan fingerprint density at radius 3 is 2.43 bits per heavy atom. The van der Waals surface area contributed by atoms with E-state index in [0.717, 1.165) is 19.0 Å². The molecule has 1 aromatic carbocycles. The van der Waals surface area contributed by atoms with Crippen molar-refractivity contribution < 1.29 is 0 Å². The molecule has 1 fully saturated rings. The molecule has 1 saturated carbocycles. The van der Waals surface area contributed by atoms with Crippen LogP contribution in [-0.4, -0.2) is 37.6 Å². The van der Waals surface area contributed by atoms with Gasteiger partial charge in [0.15, 0.2) is 0 Å². The summed E-state index contributed by atoms with van der Waals surface area (Å²) in [5.41, 5.74) is 1.61. The first-order valence-electron chi connectivity index (χ1n) is 8.47. The number of likely N-dealkylation sites (N-methyl/N-ethyl adjacent to an activating group) is 1. The van der Waals surface area contributed by atoms with Gasteiger partial charge in [0.2, 0.25) is 0 Å². The van der Waals surface area contributed by atoms with E-state index in [-0.39, 0.29) is 5.41 Å². The van der Waals surface area contributed by atoms with Crippen LogP contribution in [0.1, 0.15) is 45.6 Å². The molecule has 0 bridgehead atoms. The third-order valence-electron chi connectivity index (χ3n) is 4.78. The summed E-state index contributed by atoms with van der Waals surface area (Å²) in [6, 6.07) is 11.5. The van der Waals surface area contributed by atoms with E-state index in [9.17, 15) is 0 Å². The molecule has 21 heavy (non-hydrogen) atoms. The van der Waals surface area contributed by atoms with E-state index < -0.39 is 0 Å². The van der Waals surface area contributed by atoms with Gasteiger partial charge in [0.1, 0.15) is 0 Å². The molecule has 0 saturated heterocycles. The quantitative estimate of drug-likeness (QED) is 0.785. The van der Waals surface area contributed by atoms with Gasteiger partial charge >= 0.3 is 0 Å². The van der Waals surface area contributed by atoms with Crippen molar-refractivity contribution in [3.8, 4) is 0 Å². The van der Waals surface area contributed by atoms with Crippen LogP contribution < -0.4 is 5.32 Å². The average molecular weight is 288 g/mol. The lowest BCUT2D eigenvalue weighted by Crippen LogP contribution is -2.47. The Morgan fingerprint density at radius 1 is 1.24 bits per heavy atom. The van der Waals surface area contributed by atoms with E-state index in [1.165, 1.54) is 31.4 Å². The number of nitrogens with zero attached hydrogens (tertiary/aromatic N) is 1. The molecule has 0 heterocycles. The minimum Gasteiger partial charge on any atom is -0.314 e. The summed E-state index contributed by atoms with van der Waals surface area (Å²) in [6.45, 7) is 10.3. The smallest absolute Gasteiger partial charge is 0.0177 e. The van der Waals surface area contributed by atoms with Crippen molar-refractivity contribution in [3.63, 3.8) is 0 Å². The second-order valence-corrected chi connectivity index (χ2v) is 7.46. The maximum absolute atomic E-state index is 3.64. The number of hydrogen-bond donors (Lipinski definition) is 1. The van der Waals surface area contributed by atoms with Crippen molar-refractivity contribution in [1.82, 2.24) is 10.2 Å². The summed E-state index contributed by atoms with van der Waals surface area (Å²) in [5, 5.41) is 3.64. The highest BCUT2D eigenvalue weighted by molar-refractivity contribution is 5.25. The molecule has 1 atom stereocenters. The predicted molar refractivity (Wildman–Crippen MR) is 91.8 cm³/mol.